The summed E-state index contributed by atoms with van der Waals surface area (Å²) < 4.78 is 10.6. The van der Waals surface area contributed by atoms with E-state index in [0.717, 1.165) is 6.42 Å². The van der Waals surface area contributed by atoms with E-state index < -0.39 is 35.5 Å². The molecular formula is C26H30N4O7S. The van der Waals surface area contributed by atoms with Crippen molar-refractivity contribution in [3.8, 4) is 0 Å². The van der Waals surface area contributed by atoms with Crippen molar-refractivity contribution in [3.63, 3.8) is 0 Å². The lowest BCUT2D eigenvalue weighted by Crippen LogP contribution is -2.46. The Morgan fingerprint density at radius 1 is 1.16 bits per heavy atom. The number of nitrogens with zero attached hydrogens (tertiary/aromatic N) is 2. The summed E-state index contributed by atoms with van der Waals surface area (Å²) in [5.41, 5.74) is 0.478. The molecule has 2 N–H and O–H groups in total. The molecule has 0 radical (unpaired) electrons. The number of esters is 2. The Morgan fingerprint density at radius 3 is 2.53 bits per heavy atom. The Bertz CT molecular complexity index is 1250. The molecule has 0 aliphatic carbocycles. The number of hydrogen-bond acceptors (Lipinski definition) is 9. The highest BCUT2D eigenvalue weighted by atomic mass is 32.1. The van der Waals surface area contributed by atoms with Crippen molar-refractivity contribution in [1.29, 1.82) is 0 Å². The molecule has 3 atom stereocenters. The van der Waals surface area contributed by atoms with E-state index in [-0.39, 0.29) is 29.1 Å². The van der Waals surface area contributed by atoms with E-state index in [4.69, 9.17) is 9.47 Å². The van der Waals surface area contributed by atoms with E-state index in [9.17, 15) is 24.5 Å². The second-order valence-electron chi connectivity index (χ2n) is 9.55. The number of nitro groups is 1. The molecule has 38 heavy (non-hydrogen) atoms. The van der Waals surface area contributed by atoms with E-state index in [1.807, 2.05) is 10.3 Å². The Kier molecular flexibility index (Phi) is 8.30. The van der Waals surface area contributed by atoms with Gasteiger partial charge in [-0.2, -0.15) is 0 Å². The van der Waals surface area contributed by atoms with Gasteiger partial charge in [0.25, 0.3) is 5.69 Å². The zero-order valence-electron chi connectivity index (χ0n) is 21.4. The maximum absolute atomic E-state index is 12.9. The molecule has 3 heterocycles. The number of ether oxygens (including phenoxy) is 2. The first-order chi connectivity index (χ1) is 18.2. The summed E-state index contributed by atoms with van der Waals surface area (Å²) in [6.45, 7) is 6.96. The standard InChI is InChI=1S/C26H30N4O7S/c1-4-36-25(32)22-18(27-26(33)28-23(22)21-6-5-9-38-21)14-37-24(31)17-7-8-19(20(11-17)30(34)35)29-12-15(2)10-16(3)13-29/h5-9,11,15-16,23H,4,10,12-14H2,1-3H3,(H2,27,28,33)/t15-,16-,23+/m1/s1. The SMILES string of the molecule is CCOC(=O)C1=C(COC(=O)c2ccc(N3C[C@H](C)C[C@@H](C)C3)c([N+](=O)[O-])c2)NC(=O)N[C@H]1c1cccs1. The molecule has 12 heteroatoms. The molecular weight excluding hydrogens is 512 g/mol. The van der Waals surface area contributed by atoms with Crippen molar-refractivity contribution in [2.75, 3.05) is 31.2 Å². The van der Waals surface area contributed by atoms with E-state index in [1.165, 1.54) is 23.5 Å². The Morgan fingerprint density at radius 2 is 1.89 bits per heavy atom. The number of carbonyl (C=O) groups is 3. The van der Waals surface area contributed by atoms with Crippen LogP contribution in [0.25, 0.3) is 0 Å². The van der Waals surface area contributed by atoms with Crippen LogP contribution in [0.1, 0.15) is 48.5 Å². The lowest BCUT2D eigenvalue weighted by Gasteiger charge is -2.36. The van der Waals surface area contributed by atoms with Crippen LogP contribution in [0.3, 0.4) is 0 Å². The molecule has 0 saturated carbocycles. The largest absolute Gasteiger partial charge is 0.463 e. The Labute approximate surface area is 223 Å². The van der Waals surface area contributed by atoms with E-state index in [1.54, 1.807) is 25.1 Å². The van der Waals surface area contributed by atoms with Gasteiger partial charge < -0.3 is 25.0 Å². The van der Waals surface area contributed by atoms with Gasteiger partial charge in [0.05, 0.1) is 34.4 Å². The monoisotopic (exact) mass is 542 g/mol. The fraction of sp³-hybridized carbons (Fsp3) is 0.423. The maximum Gasteiger partial charge on any atom is 0.338 e. The molecule has 2 aliphatic heterocycles. The normalized spacial score (nSPS) is 21.4. The summed E-state index contributed by atoms with van der Waals surface area (Å²) in [6.07, 6.45) is 1.05. The second-order valence-corrected chi connectivity index (χ2v) is 10.5. The average molecular weight is 543 g/mol. The van der Waals surface area contributed by atoms with Crippen molar-refractivity contribution < 1.29 is 28.8 Å². The lowest BCUT2D eigenvalue weighted by atomic mass is 9.91. The Balaban J connectivity index is 1.58. The van der Waals surface area contributed by atoms with Crippen LogP contribution in [-0.2, 0) is 14.3 Å². The highest BCUT2D eigenvalue weighted by molar-refractivity contribution is 7.10. The van der Waals surface area contributed by atoms with E-state index in [0.29, 0.717) is 35.5 Å². The number of nitrogens with one attached hydrogen (secondary N) is 2. The van der Waals surface area contributed by atoms with Crippen LogP contribution in [0.15, 0.2) is 47.0 Å². The quantitative estimate of drug-likeness (QED) is 0.288. The number of thiophene rings is 1. The van der Waals surface area contributed by atoms with Crippen molar-refractivity contribution in [2.24, 2.45) is 11.8 Å². The third-order valence-corrected chi connectivity index (χ3v) is 7.38. The van der Waals surface area contributed by atoms with Gasteiger partial charge in [-0.05, 0) is 48.8 Å². The molecule has 2 aliphatic rings. The van der Waals surface area contributed by atoms with Gasteiger partial charge in [0.2, 0.25) is 0 Å². The van der Waals surface area contributed by atoms with Crippen LogP contribution >= 0.6 is 11.3 Å². The number of hydrogen-bond donors (Lipinski definition) is 2. The second kappa shape index (κ2) is 11.6. The molecule has 2 aromatic rings. The molecule has 202 valence electrons. The molecule has 1 fully saturated rings. The van der Waals surface area contributed by atoms with Crippen LogP contribution in [0.4, 0.5) is 16.2 Å². The number of piperidine rings is 1. The lowest BCUT2D eigenvalue weighted by molar-refractivity contribution is -0.384. The molecule has 2 amide bonds. The van der Waals surface area contributed by atoms with Crippen LogP contribution in [0, 0.1) is 22.0 Å². The number of benzene rings is 1. The number of anilines is 1. The summed E-state index contributed by atoms with van der Waals surface area (Å²) in [4.78, 5) is 52.1. The number of carbonyl (C=O) groups excluding carboxylic acids is 3. The zero-order valence-corrected chi connectivity index (χ0v) is 22.2. The highest BCUT2D eigenvalue weighted by Gasteiger charge is 2.35. The van der Waals surface area contributed by atoms with E-state index in [2.05, 4.69) is 24.5 Å². The molecule has 4 rings (SSSR count). The first kappa shape index (κ1) is 27.1. The van der Waals surface area contributed by atoms with Crippen LogP contribution < -0.4 is 15.5 Å². The molecule has 1 saturated heterocycles. The van der Waals surface area contributed by atoms with Gasteiger partial charge in [0.15, 0.2) is 0 Å². The molecule has 11 nitrogen and oxygen atoms in total. The number of rotatable bonds is 8. The summed E-state index contributed by atoms with van der Waals surface area (Å²) in [5.74, 6) is -0.697. The molecule has 0 bridgehead atoms. The van der Waals surface area contributed by atoms with Gasteiger partial charge in [-0.3, -0.25) is 10.1 Å². The van der Waals surface area contributed by atoms with Crippen molar-refractivity contribution in [3.05, 3.63) is 67.5 Å². The van der Waals surface area contributed by atoms with Gasteiger partial charge in [0, 0.05) is 24.0 Å². The van der Waals surface area contributed by atoms with Gasteiger partial charge in [0.1, 0.15) is 12.3 Å². The number of urea groups is 1. The Hall–Kier alpha value is -3.93. The highest BCUT2D eigenvalue weighted by Crippen LogP contribution is 2.34. The number of amides is 2. The van der Waals surface area contributed by atoms with Gasteiger partial charge >= 0.3 is 18.0 Å². The predicted molar refractivity (Wildman–Crippen MR) is 141 cm³/mol. The fourth-order valence-electron chi connectivity index (χ4n) is 5.00. The van der Waals surface area contributed by atoms with Gasteiger partial charge in [-0.15, -0.1) is 11.3 Å². The minimum atomic E-state index is -0.823. The first-order valence-electron chi connectivity index (χ1n) is 12.4. The summed E-state index contributed by atoms with van der Waals surface area (Å²) >= 11 is 1.35. The molecule has 1 aromatic heterocycles. The predicted octanol–water partition coefficient (Wildman–Crippen LogP) is 4.17. The molecule has 0 unspecified atom stereocenters. The summed E-state index contributed by atoms with van der Waals surface area (Å²) in [6, 6.07) is 6.50. The van der Waals surface area contributed by atoms with Crippen molar-refractivity contribution >= 4 is 40.7 Å². The summed E-state index contributed by atoms with van der Waals surface area (Å²) in [5, 5.41) is 18.9. The van der Waals surface area contributed by atoms with Crippen LogP contribution in [-0.4, -0.2) is 49.2 Å². The van der Waals surface area contributed by atoms with Crippen LogP contribution in [0.5, 0.6) is 0 Å². The van der Waals surface area contributed by atoms with E-state index >= 15 is 0 Å². The van der Waals surface area contributed by atoms with Crippen molar-refractivity contribution in [1.82, 2.24) is 10.6 Å². The molecule has 1 aromatic carbocycles. The fourth-order valence-corrected chi connectivity index (χ4v) is 5.78. The minimum Gasteiger partial charge on any atom is -0.463 e. The third kappa shape index (κ3) is 5.96. The number of nitro benzene ring substituents is 1. The average Bonchev–Trinajstić information content (AvgIpc) is 3.41. The van der Waals surface area contributed by atoms with Crippen LogP contribution in [0.2, 0.25) is 0 Å². The maximum atomic E-state index is 12.9. The molecule has 0 spiro atoms. The third-order valence-electron chi connectivity index (χ3n) is 6.44. The van der Waals surface area contributed by atoms with Gasteiger partial charge in [-0.25, -0.2) is 14.4 Å². The first-order valence-corrected chi connectivity index (χ1v) is 13.3. The minimum absolute atomic E-state index is 0.00749. The summed E-state index contributed by atoms with van der Waals surface area (Å²) in [7, 11) is 0. The zero-order chi connectivity index (χ0) is 27.4. The van der Waals surface area contributed by atoms with Gasteiger partial charge in [-0.1, -0.05) is 19.9 Å². The topological polar surface area (TPSA) is 140 Å². The smallest absolute Gasteiger partial charge is 0.338 e. The van der Waals surface area contributed by atoms with Crippen molar-refractivity contribution in [2.45, 2.75) is 33.2 Å².